The number of hydrazine groups is 1. The molecule has 1 amide bonds. The predicted molar refractivity (Wildman–Crippen MR) is 92.4 cm³/mol. The second-order valence-corrected chi connectivity index (χ2v) is 5.45. The van der Waals surface area contributed by atoms with E-state index in [9.17, 15) is 4.79 Å². The molecule has 6 heteroatoms. The van der Waals surface area contributed by atoms with Crippen molar-refractivity contribution in [2.45, 2.75) is 0 Å². The Labute approximate surface area is 136 Å². The molecule has 0 aliphatic rings. The van der Waals surface area contributed by atoms with Crippen LogP contribution >= 0.6 is 34.8 Å². The Morgan fingerprint density at radius 2 is 1.65 bits per heavy atom. The number of carbonyl (C=O) groups excluding carboxylic acids is 1. The van der Waals surface area contributed by atoms with E-state index in [1.807, 2.05) is 48.5 Å². The first-order valence-electron chi connectivity index (χ1n) is 5.84. The normalized spacial score (nSPS) is 9.65. The lowest BCUT2D eigenvalue weighted by molar-refractivity contribution is 0.0976. The van der Waals surface area contributed by atoms with Crippen molar-refractivity contribution in [3.05, 3.63) is 63.7 Å². The molecule has 0 saturated carbocycles. The number of hydrogen-bond donors (Lipinski definition) is 3. The van der Waals surface area contributed by atoms with Crippen molar-refractivity contribution in [1.29, 1.82) is 0 Å². The zero-order valence-corrected chi connectivity index (χ0v) is 13.4. The van der Waals surface area contributed by atoms with Gasteiger partial charge in [0.15, 0.2) is 5.11 Å². The Kier molecular flexibility index (Phi) is 5.31. The third-order valence-corrected chi connectivity index (χ3v) is 3.58. The molecular formula is C14H12IN3OS. The third kappa shape index (κ3) is 4.17. The molecule has 102 valence electrons. The summed E-state index contributed by atoms with van der Waals surface area (Å²) in [5.74, 6) is -0.234. The van der Waals surface area contributed by atoms with Crippen molar-refractivity contribution in [3.8, 4) is 0 Å². The first-order valence-corrected chi connectivity index (χ1v) is 7.32. The summed E-state index contributed by atoms with van der Waals surface area (Å²) in [5, 5.41) is 2.84. The molecular weight excluding hydrogens is 385 g/mol. The van der Waals surface area contributed by atoms with Gasteiger partial charge in [0.25, 0.3) is 5.91 Å². The third-order valence-electron chi connectivity index (χ3n) is 2.44. The van der Waals surface area contributed by atoms with E-state index in [4.69, 9.17) is 12.2 Å². The van der Waals surface area contributed by atoms with Crippen LogP contribution in [0.1, 0.15) is 10.4 Å². The molecule has 0 radical (unpaired) electrons. The SMILES string of the molecule is O=C(NC(=S)NNc1ccccc1)c1ccccc1I. The van der Waals surface area contributed by atoms with Crippen molar-refractivity contribution < 1.29 is 4.79 Å². The monoisotopic (exact) mass is 397 g/mol. The summed E-state index contributed by atoms with van der Waals surface area (Å²) in [6, 6.07) is 16.8. The molecule has 0 unspecified atom stereocenters. The van der Waals surface area contributed by atoms with Gasteiger partial charge in [0.2, 0.25) is 0 Å². The number of carbonyl (C=O) groups is 1. The fourth-order valence-electron chi connectivity index (χ4n) is 1.50. The highest BCUT2D eigenvalue weighted by atomic mass is 127. The van der Waals surface area contributed by atoms with Crippen molar-refractivity contribution in [3.63, 3.8) is 0 Å². The Balaban J connectivity index is 1.89. The maximum Gasteiger partial charge on any atom is 0.258 e. The largest absolute Gasteiger partial charge is 0.299 e. The summed E-state index contributed by atoms with van der Waals surface area (Å²) in [6.45, 7) is 0. The molecule has 4 nitrogen and oxygen atoms in total. The first kappa shape index (κ1) is 14.7. The molecule has 0 heterocycles. The van der Waals surface area contributed by atoms with Gasteiger partial charge in [0.05, 0.1) is 11.3 Å². The summed E-state index contributed by atoms with van der Waals surface area (Å²) in [5.41, 5.74) is 7.13. The molecule has 0 atom stereocenters. The summed E-state index contributed by atoms with van der Waals surface area (Å²) >= 11 is 7.18. The van der Waals surface area contributed by atoms with Crippen LogP contribution in [0.15, 0.2) is 54.6 Å². The highest BCUT2D eigenvalue weighted by Gasteiger charge is 2.10. The van der Waals surface area contributed by atoms with Gasteiger partial charge in [-0.2, -0.15) is 0 Å². The predicted octanol–water partition coefficient (Wildman–Crippen LogP) is 2.92. The maximum absolute atomic E-state index is 12.0. The smallest absolute Gasteiger partial charge is 0.258 e. The molecule has 0 aliphatic heterocycles. The van der Waals surface area contributed by atoms with Gasteiger partial charge in [-0.25, -0.2) is 0 Å². The van der Waals surface area contributed by atoms with E-state index in [0.29, 0.717) is 5.56 Å². The van der Waals surface area contributed by atoms with Gasteiger partial charge in [-0.1, -0.05) is 30.3 Å². The number of thiocarbonyl (C=S) groups is 1. The van der Waals surface area contributed by atoms with Gasteiger partial charge >= 0.3 is 0 Å². The molecule has 3 N–H and O–H groups in total. The zero-order valence-electron chi connectivity index (χ0n) is 10.4. The zero-order chi connectivity index (χ0) is 14.4. The van der Waals surface area contributed by atoms with E-state index in [0.717, 1.165) is 9.26 Å². The van der Waals surface area contributed by atoms with Crippen LogP contribution in [-0.4, -0.2) is 11.0 Å². The fraction of sp³-hybridized carbons (Fsp3) is 0. The van der Waals surface area contributed by atoms with Gasteiger partial charge in [-0.3, -0.25) is 21.0 Å². The van der Waals surface area contributed by atoms with Crippen LogP contribution in [0.3, 0.4) is 0 Å². The number of halogens is 1. The number of hydrogen-bond acceptors (Lipinski definition) is 3. The van der Waals surface area contributed by atoms with E-state index in [1.54, 1.807) is 6.07 Å². The second kappa shape index (κ2) is 7.20. The van der Waals surface area contributed by atoms with Crippen LogP contribution in [0, 0.1) is 3.57 Å². The van der Waals surface area contributed by atoms with E-state index < -0.39 is 0 Å². The molecule has 2 aromatic carbocycles. The molecule has 0 saturated heterocycles. The van der Waals surface area contributed by atoms with Crippen LogP contribution in [0.2, 0.25) is 0 Å². The second-order valence-electron chi connectivity index (χ2n) is 3.88. The molecule has 0 aromatic heterocycles. The highest BCUT2D eigenvalue weighted by Crippen LogP contribution is 2.10. The standard InChI is InChI=1S/C14H12IN3OS/c15-12-9-5-4-8-11(12)13(19)16-14(20)18-17-10-6-2-1-3-7-10/h1-9,17H,(H2,16,18,19,20). The summed E-state index contributed by atoms with van der Waals surface area (Å²) in [6.07, 6.45) is 0. The number of amides is 1. The lowest BCUT2D eigenvalue weighted by Crippen LogP contribution is -2.42. The van der Waals surface area contributed by atoms with Crippen LogP contribution in [0.5, 0.6) is 0 Å². The lowest BCUT2D eigenvalue weighted by atomic mass is 10.2. The highest BCUT2D eigenvalue weighted by molar-refractivity contribution is 14.1. The van der Waals surface area contributed by atoms with Gasteiger partial charge in [0.1, 0.15) is 0 Å². The molecule has 0 bridgehead atoms. The molecule has 0 fully saturated rings. The Hall–Kier alpha value is -1.67. The van der Waals surface area contributed by atoms with Crippen molar-refractivity contribution in [2.24, 2.45) is 0 Å². The fourth-order valence-corrected chi connectivity index (χ4v) is 2.27. The Morgan fingerprint density at radius 3 is 2.35 bits per heavy atom. The summed E-state index contributed by atoms with van der Waals surface area (Å²) < 4.78 is 0.876. The Morgan fingerprint density at radius 1 is 1.00 bits per heavy atom. The molecule has 0 spiro atoms. The lowest BCUT2D eigenvalue weighted by Gasteiger charge is -2.12. The van der Waals surface area contributed by atoms with Gasteiger partial charge in [-0.15, -0.1) is 0 Å². The van der Waals surface area contributed by atoms with Crippen LogP contribution in [-0.2, 0) is 0 Å². The summed E-state index contributed by atoms with van der Waals surface area (Å²) in [4.78, 5) is 12.0. The van der Waals surface area contributed by atoms with Gasteiger partial charge < -0.3 is 0 Å². The minimum atomic E-state index is -0.234. The van der Waals surface area contributed by atoms with Crippen molar-refractivity contribution >= 4 is 51.5 Å². The van der Waals surface area contributed by atoms with Crippen LogP contribution < -0.4 is 16.2 Å². The van der Waals surface area contributed by atoms with E-state index in [2.05, 4.69) is 38.8 Å². The quantitative estimate of drug-likeness (QED) is 0.424. The van der Waals surface area contributed by atoms with Gasteiger partial charge in [0, 0.05) is 3.57 Å². The minimum Gasteiger partial charge on any atom is -0.299 e. The molecule has 2 aromatic rings. The first-order chi connectivity index (χ1) is 9.66. The van der Waals surface area contributed by atoms with E-state index in [-0.39, 0.29) is 11.0 Å². The van der Waals surface area contributed by atoms with Gasteiger partial charge in [-0.05, 0) is 59.1 Å². The number of para-hydroxylation sites is 1. The number of anilines is 1. The molecule has 2 rings (SSSR count). The number of benzene rings is 2. The topological polar surface area (TPSA) is 53.2 Å². The molecule has 20 heavy (non-hydrogen) atoms. The van der Waals surface area contributed by atoms with Crippen LogP contribution in [0.25, 0.3) is 0 Å². The molecule has 0 aliphatic carbocycles. The average molecular weight is 397 g/mol. The van der Waals surface area contributed by atoms with Crippen molar-refractivity contribution in [1.82, 2.24) is 10.7 Å². The number of rotatable bonds is 3. The maximum atomic E-state index is 12.0. The van der Waals surface area contributed by atoms with Crippen LogP contribution in [0.4, 0.5) is 5.69 Å². The number of nitrogens with one attached hydrogen (secondary N) is 3. The minimum absolute atomic E-state index is 0.221. The van der Waals surface area contributed by atoms with Crippen molar-refractivity contribution in [2.75, 3.05) is 5.43 Å². The van der Waals surface area contributed by atoms with E-state index in [1.165, 1.54) is 0 Å². The summed E-state index contributed by atoms with van der Waals surface area (Å²) in [7, 11) is 0. The average Bonchev–Trinajstić information content (AvgIpc) is 2.46. The van der Waals surface area contributed by atoms with E-state index >= 15 is 0 Å². The Bertz CT molecular complexity index is 619.